The number of amides is 1. The average Bonchev–Trinajstić information content (AvgIpc) is 2.79. The van der Waals surface area contributed by atoms with Gasteiger partial charge in [-0.2, -0.15) is 0 Å². The predicted octanol–water partition coefficient (Wildman–Crippen LogP) is 4.49. The standard InChI is InChI=1S/C20H25NO3/c1-13(2)16-7-9-17(10-8-16)21-15(4)14(3)19(20(21)22)12-18-6-5-11-23-24-18/h7-10,12-13,18H,5-6,11H2,1-4H3/b19-12-. The molecule has 0 spiro atoms. The van der Waals surface area contributed by atoms with Crippen LogP contribution in [0.5, 0.6) is 0 Å². The number of benzene rings is 1. The molecule has 1 aromatic rings. The second-order valence-electron chi connectivity index (χ2n) is 6.78. The van der Waals surface area contributed by atoms with Crippen molar-refractivity contribution in [3.05, 3.63) is 52.7 Å². The van der Waals surface area contributed by atoms with Crippen LogP contribution in [0.15, 0.2) is 47.2 Å². The van der Waals surface area contributed by atoms with Crippen molar-refractivity contribution < 1.29 is 14.6 Å². The highest BCUT2D eigenvalue weighted by Crippen LogP contribution is 2.34. The summed E-state index contributed by atoms with van der Waals surface area (Å²) in [4.78, 5) is 25.1. The molecule has 24 heavy (non-hydrogen) atoms. The molecule has 0 N–H and O–H groups in total. The molecule has 0 aromatic heterocycles. The highest BCUT2D eigenvalue weighted by Gasteiger charge is 2.32. The van der Waals surface area contributed by atoms with Crippen molar-refractivity contribution in [3.8, 4) is 0 Å². The van der Waals surface area contributed by atoms with E-state index in [-0.39, 0.29) is 12.0 Å². The van der Waals surface area contributed by atoms with Gasteiger partial charge in [0, 0.05) is 17.0 Å². The van der Waals surface area contributed by atoms with Crippen LogP contribution in [0.2, 0.25) is 0 Å². The number of rotatable bonds is 3. The minimum atomic E-state index is -0.149. The summed E-state index contributed by atoms with van der Waals surface area (Å²) in [5.74, 6) is 0.488. The zero-order valence-corrected chi connectivity index (χ0v) is 14.8. The monoisotopic (exact) mass is 327 g/mol. The van der Waals surface area contributed by atoms with Crippen LogP contribution in [-0.4, -0.2) is 18.6 Å². The van der Waals surface area contributed by atoms with E-state index in [2.05, 4.69) is 26.0 Å². The second-order valence-corrected chi connectivity index (χ2v) is 6.78. The lowest BCUT2D eigenvalue weighted by atomic mass is 10.0. The Balaban J connectivity index is 1.88. The normalized spacial score (nSPS) is 23.7. The Morgan fingerprint density at radius 1 is 1.21 bits per heavy atom. The van der Waals surface area contributed by atoms with Crippen LogP contribution in [0.25, 0.3) is 0 Å². The van der Waals surface area contributed by atoms with E-state index in [4.69, 9.17) is 9.78 Å². The Labute approximate surface area is 143 Å². The van der Waals surface area contributed by atoms with Crippen molar-refractivity contribution in [2.45, 2.75) is 52.6 Å². The van der Waals surface area contributed by atoms with Crippen molar-refractivity contribution in [1.82, 2.24) is 0 Å². The van der Waals surface area contributed by atoms with Crippen molar-refractivity contribution >= 4 is 11.6 Å². The summed E-state index contributed by atoms with van der Waals surface area (Å²) >= 11 is 0. The summed E-state index contributed by atoms with van der Waals surface area (Å²) < 4.78 is 0. The molecule has 128 valence electrons. The van der Waals surface area contributed by atoms with Crippen LogP contribution >= 0.6 is 0 Å². The molecule has 0 aliphatic carbocycles. The molecular weight excluding hydrogens is 302 g/mol. The molecule has 0 bridgehead atoms. The van der Waals surface area contributed by atoms with Gasteiger partial charge in [-0.15, -0.1) is 0 Å². The molecule has 1 aromatic carbocycles. The zero-order valence-electron chi connectivity index (χ0n) is 14.8. The van der Waals surface area contributed by atoms with Crippen molar-refractivity contribution in [1.29, 1.82) is 0 Å². The fourth-order valence-corrected chi connectivity index (χ4v) is 3.14. The number of nitrogens with zero attached hydrogens (tertiary/aromatic N) is 1. The molecule has 0 radical (unpaired) electrons. The van der Waals surface area contributed by atoms with Crippen LogP contribution in [0, 0.1) is 0 Å². The first-order chi connectivity index (χ1) is 11.5. The molecule has 1 atom stereocenters. The smallest absolute Gasteiger partial charge is 0.262 e. The summed E-state index contributed by atoms with van der Waals surface area (Å²) in [5.41, 5.74) is 4.87. The summed E-state index contributed by atoms with van der Waals surface area (Å²) in [5, 5.41) is 0. The van der Waals surface area contributed by atoms with E-state index in [0.29, 0.717) is 12.5 Å². The van der Waals surface area contributed by atoms with E-state index >= 15 is 0 Å². The summed E-state index contributed by atoms with van der Waals surface area (Å²) in [6.07, 6.45) is 3.59. The fourth-order valence-electron chi connectivity index (χ4n) is 3.14. The largest absolute Gasteiger partial charge is 0.281 e. The van der Waals surface area contributed by atoms with Crippen molar-refractivity contribution in [3.63, 3.8) is 0 Å². The maximum absolute atomic E-state index is 12.9. The molecule has 3 rings (SSSR count). The van der Waals surface area contributed by atoms with Crippen LogP contribution in [0.1, 0.15) is 52.0 Å². The Bertz CT molecular complexity index is 679. The third-order valence-electron chi connectivity index (χ3n) is 4.79. The first-order valence-corrected chi connectivity index (χ1v) is 8.61. The lowest BCUT2D eigenvalue weighted by Crippen LogP contribution is -2.25. The first kappa shape index (κ1) is 16.9. The number of carbonyl (C=O) groups excluding carboxylic acids is 1. The summed E-state index contributed by atoms with van der Waals surface area (Å²) in [6.45, 7) is 8.93. The van der Waals surface area contributed by atoms with Gasteiger partial charge < -0.3 is 0 Å². The molecule has 4 heteroatoms. The van der Waals surface area contributed by atoms with E-state index in [0.717, 1.165) is 35.4 Å². The number of carbonyl (C=O) groups is 1. The molecule has 0 saturated carbocycles. The Kier molecular flexibility index (Phi) is 4.88. The lowest BCUT2D eigenvalue weighted by Gasteiger charge is -2.20. The van der Waals surface area contributed by atoms with Gasteiger partial charge in [-0.3, -0.25) is 9.69 Å². The van der Waals surface area contributed by atoms with Crippen LogP contribution in [0.4, 0.5) is 5.69 Å². The van der Waals surface area contributed by atoms with Crippen molar-refractivity contribution in [2.24, 2.45) is 0 Å². The van der Waals surface area contributed by atoms with Gasteiger partial charge in [-0.25, -0.2) is 9.78 Å². The van der Waals surface area contributed by atoms with Crippen LogP contribution in [-0.2, 0) is 14.6 Å². The number of anilines is 1. The minimum Gasteiger partial charge on any atom is -0.281 e. The van der Waals surface area contributed by atoms with E-state index in [1.807, 2.05) is 32.1 Å². The van der Waals surface area contributed by atoms with Crippen LogP contribution in [0.3, 0.4) is 0 Å². The second kappa shape index (κ2) is 6.91. The first-order valence-electron chi connectivity index (χ1n) is 8.61. The zero-order chi connectivity index (χ0) is 17.3. The molecule has 2 aliphatic rings. The number of hydrogen-bond acceptors (Lipinski definition) is 3. The molecular formula is C20H25NO3. The van der Waals surface area contributed by atoms with E-state index in [1.165, 1.54) is 5.56 Å². The van der Waals surface area contributed by atoms with E-state index in [1.54, 1.807) is 4.90 Å². The average molecular weight is 327 g/mol. The summed E-state index contributed by atoms with van der Waals surface area (Å²) in [7, 11) is 0. The van der Waals surface area contributed by atoms with Gasteiger partial charge in [0.05, 0.1) is 6.61 Å². The molecule has 4 nitrogen and oxygen atoms in total. The molecule has 1 fully saturated rings. The molecule has 1 saturated heterocycles. The highest BCUT2D eigenvalue weighted by atomic mass is 17.2. The quantitative estimate of drug-likeness (QED) is 0.606. The minimum absolute atomic E-state index is 0.0106. The van der Waals surface area contributed by atoms with Gasteiger partial charge in [0.2, 0.25) is 0 Å². The van der Waals surface area contributed by atoms with Gasteiger partial charge >= 0.3 is 0 Å². The molecule has 1 amide bonds. The maximum atomic E-state index is 12.9. The number of hydrogen-bond donors (Lipinski definition) is 0. The topological polar surface area (TPSA) is 38.8 Å². The van der Waals surface area contributed by atoms with Gasteiger partial charge in [-0.05, 0) is 62.0 Å². The third kappa shape index (κ3) is 3.17. The maximum Gasteiger partial charge on any atom is 0.262 e. The lowest BCUT2D eigenvalue weighted by molar-refractivity contribution is -0.333. The Hall–Kier alpha value is -1.91. The fraction of sp³-hybridized carbons (Fsp3) is 0.450. The summed E-state index contributed by atoms with van der Waals surface area (Å²) in [6, 6.07) is 8.23. The SMILES string of the molecule is CC1=C(C)N(c2ccc(C(C)C)cc2)C(=O)/C1=C\C1CCCOO1. The molecule has 2 aliphatic heterocycles. The van der Waals surface area contributed by atoms with Crippen molar-refractivity contribution in [2.75, 3.05) is 11.5 Å². The molecule has 2 heterocycles. The Morgan fingerprint density at radius 3 is 2.50 bits per heavy atom. The Morgan fingerprint density at radius 2 is 1.92 bits per heavy atom. The predicted molar refractivity (Wildman–Crippen MR) is 94.5 cm³/mol. The van der Waals surface area contributed by atoms with Crippen LogP contribution < -0.4 is 4.90 Å². The van der Waals surface area contributed by atoms with Gasteiger partial charge in [0.25, 0.3) is 5.91 Å². The van der Waals surface area contributed by atoms with Gasteiger partial charge in [0.1, 0.15) is 6.10 Å². The van der Waals surface area contributed by atoms with E-state index < -0.39 is 0 Å². The third-order valence-corrected chi connectivity index (χ3v) is 4.79. The van der Waals surface area contributed by atoms with E-state index in [9.17, 15) is 4.79 Å². The number of allylic oxidation sites excluding steroid dienone is 1. The highest BCUT2D eigenvalue weighted by molar-refractivity contribution is 6.14. The van der Waals surface area contributed by atoms with Gasteiger partial charge in [-0.1, -0.05) is 26.0 Å². The van der Waals surface area contributed by atoms with Gasteiger partial charge in [0.15, 0.2) is 0 Å². The molecule has 1 unspecified atom stereocenters.